The summed E-state index contributed by atoms with van der Waals surface area (Å²) in [6.45, 7) is 0.553. The lowest BCUT2D eigenvalue weighted by atomic mass is 10.1. The molecule has 1 N–H and O–H groups in total. The van der Waals surface area contributed by atoms with Gasteiger partial charge in [-0.05, 0) is 40.2 Å². The lowest BCUT2D eigenvalue weighted by molar-refractivity contribution is 0.0696. The highest BCUT2D eigenvalue weighted by atomic mass is 79.9. The quantitative estimate of drug-likeness (QED) is 0.940. The molecule has 0 unspecified atom stereocenters. The van der Waals surface area contributed by atoms with E-state index in [1.807, 2.05) is 36.2 Å². The zero-order valence-electron chi connectivity index (χ0n) is 10.4. The fourth-order valence-corrected chi connectivity index (χ4v) is 2.39. The third kappa shape index (κ3) is 3.12. The van der Waals surface area contributed by atoms with Crippen LogP contribution in [0.15, 0.2) is 47.1 Å². The first kappa shape index (κ1) is 13.5. The zero-order chi connectivity index (χ0) is 13.8. The number of hydrogen-bond acceptors (Lipinski definition) is 3. The summed E-state index contributed by atoms with van der Waals surface area (Å²) in [4.78, 5) is 17.4. The fourth-order valence-electron chi connectivity index (χ4n) is 1.86. The Morgan fingerprint density at radius 3 is 2.74 bits per heavy atom. The second kappa shape index (κ2) is 5.84. The molecule has 4 nitrogen and oxygen atoms in total. The Hall–Kier alpha value is -1.88. The van der Waals surface area contributed by atoms with Crippen LogP contribution < -0.4 is 4.90 Å². The van der Waals surface area contributed by atoms with Gasteiger partial charge in [0.1, 0.15) is 0 Å². The molecule has 0 atom stereocenters. The number of aromatic nitrogens is 1. The molecule has 0 aliphatic rings. The maximum atomic E-state index is 11.3. The highest BCUT2D eigenvalue weighted by molar-refractivity contribution is 9.10. The summed E-state index contributed by atoms with van der Waals surface area (Å²) in [7, 11) is 1.85. The third-order valence-electron chi connectivity index (χ3n) is 2.74. The van der Waals surface area contributed by atoms with Gasteiger partial charge in [0.05, 0.1) is 23.5 Å². The van der Waals surface area contributed by atoms with E-state index in [1.165, 1.54) is 0 Å². The number of pyridine rings is 1. The lowest BCUT2D eigenvalue weighted by Gasteiger charge is -2.21. The number of benzene rings is 1. The average Bonchev–Trinajstić information content (AvgIpc) is 2.39. The molecule has 5 heteroatoms. The van der Waals surface area contributed by atoms with Crippen molar-refractivity contribution < 1.29 is 9.90 Å². The van der Waals surface area contributed by atoms with E-state index >= 15 is 0 Å². The van der Waals surface area contributed by atoms with E-state index < -0.39 is 5.97 Å². The highest BCUT2D eigenvalue weighted by Gasteiger charge is 2.17. The molecule has 1 aromatic heterocycles. The normalized spacial score (nSPS) is 10.2. The Morgan fingerprint density at radius 1 is 1.32 bits per heavy atom. The van der Waals surface area contributed by atoms with E-state index in [2.05, 4.69) is 20.9 Å². The highest BCUT2D eigenvalue weighted by Crippen LogP contribution is 2.27. The molecule has 0 fully saturated rings. The molecule has 0 bridgehead atoms. The third-order valence-corrected chi connectivity index (χ3v) is 3.40. The Morgan fingerprint density at radius 2 is 2.11 bits per heavy atom. The Kier molecular flexibility index (Phi) is 4.16. The van der Waals surface area contributed by atoms with Crippen molar-refractivity contribution in [3.05, 3.63) is 58.3 Å². The molecule has 0 saturated heterocycles. The first-order valence-electron chi connectivity index (χ1n) is 5.72. The minimum atomic E-state index is -0.949. The summed E-state index contributed by atoms with van der Waals surface area (Å²) in [5.74, 6) is -0.949. The number of halogens is 1. The summed E-state index contributed by atoms with van der Waals surface area (Å²) in [5, 5.41) is 9.29. The van der Waals surface area contributed by atoms with Gasteiger partial charge in [0, 0.05) is 17.7 Å². The molecule has 19 heavy (non-hydrogen) atoms. The average molecular weight is 321 g/mol. The number of nitrogens with zero attached hydrogens (tertiary/aromatic N) is 2. The maximum absolute atomic E-state index is 11.3. The van der Waals surface area contributed by atoms with Crippen LogP contribution >= 0.6 is 15.9 Å². The second-order valence-electron chi connectivity index (χ2n) is 4.12. The molecular weight excluding hydrogens is 308 g/mol. The van der Waals surface area contributed by atoms with Gasteiger partial charge >= 0.3 is 5.97 Å². The van der Waals surface area contributed by atoms with Crippen LogP contribution in [0, 0.1) is 0 Å². The molecular formula is C14H13BrN2O2. The molecule has 1 heterocycles. The zero-order valence-corrected chi connectivity index (χ0v) is 12.0. The van der Waals surface area contributed by atoms with Crippen molar-refractivity contribution in [2.75, 3.05) is 11.9 Å². The minimum Gasteiger partial charge on any atom is -0.478 e. The Bertz CT molecular complexity index is 587. The number of carboxylic acids is 1. The first-order valence-corrected chi connectivity index (χ1v) is 6.51. The summed E-state index contributed by atoms with van der Waals surface area (Å²) >= 11 is 3.28. The number of carbonyl (C=O) groups is 1. The predicted octanol–water partition coefficient (Wildman–Crippen LogP) is 3.18. The largest absolute Gasteiger partial charge is 0.478 e. The number of anilines is 1. The van der Waals surface area contributed by atoms with Crippen LogP contribution in [0.4, 0.5) is 5.69 Å². The molecule has 0 saturated carbocycles. The van der Waals surface area contributed by atoms with Gasteiger partial charge in [-0.15, -0.1) is 0 Å². The van der Waals surface area contributed by atoms with Crippen molar-refractivity contribution in [3.8, 4) is 0 Å². The van der Waals surface area contributed by atoms with Crippen LogP contribution in [0.25, 0.3) is 0 Å². The molecule has 98 valence electrons. The van der Waals surface area contributed by atoms with Crippen LogP contribution in [0.2, 0.25) is 0 Å². The van der Waals surface area contributed by atoms with Gasteiger partial charge in [-0.3, -0.25) is 4.98 Å². The van der Waals surface area contributed by atoms with Crippen molar-refractivity contribution in [2.24, 2.45) is 0 Å². The van der Waals surface area contributed by atoms with E-state index in [-0.39, 0.29) is 5.56 Å². The molecule has 0 amide bonds. The van der Waals surface area contributed by atoms with Crippen LogP contribution in [0.1, 0.15) is 16.1 Å². The summed E-state index contributed by atoms with van der Waals surface area (Å²) in [5.41, 5.74) is 1.81. The number of aromatic carboxylic acids is 1. The van der Waals surface area contributed by atoms with Gasteiger partial charge in [-0.25, -0.2) is 4.79 Å². The number of hydrogen-bond donors (Lipinski definition) is 1. The van der Waals surface area contributed by atoms with Gasteiger partial charge in [-0.2, -0.15) is 0 Å². The molecule has 2 aromatic rings. The van der Waals surface area contributed by atoms with Gasteiger partial charge in [0.25, 0.3) is 0 Å². The van der Waals surface area contributed by atoms with Crippen LogP contribution in [0.3, 0.4) is 0 Å². The van der Waals surface area contributed by atoms with E-state index in [9.17, 15) is 9.90 Å². The van der Waals surface area contributed by atoms with Gasteiger partial charge in [-0.1, -0.05) is 12.1 Å². The summed E-state index contributed by atoms with van der Waals surface area (Å²) < 4.78 is 0.574. The minimum absolute atomic E-state index is 0.265. The van der Waals surface area contributed by atoms with Crippen molar-refractivity contribution in [3.63, 3.8) is 0 Å². The molecule has 0 radical (unpaired) electrons. The van der Waals surface area contributed by atoms with E-state index in [0.717, 1.165) is 5.69 Å². The van der Waals surface area contributed by atoms with Crippen molar-refractivity contribution in [2.45, 2.75) is 6.54 Å². The Labute approximate surface area is 119 Å². The van der Waals surface area contributed by atoms with Crippen molar-refractivity contribution in [1.82, 2.24) is 4.98 Å². The molecule has 2 rings (SSSR count). The monoisotopic (exact) mass is 320 g/mol. The van der Waals surface area contributed by atoms with Crippen molar-refractivity contribution >= 4 is 27.6 Å². The summed E-state index contributed by atoms with van der Waals surface area (Å²) in [6, 6.07) is 11.0. The van der Waals surface area contributed by atoms with E-state index in [1.54, 1.807) is 18.3 Å². The van der Waals surface area contributed by atoms with Gasteiger partial charge in [0.15, 0.2) is 0 Å². The topological polar surface area (TPSA) is 53.4 Å². The van der Waals surface area contributed by atoms with Gasteiger partial charge < -0.3 is 10.0 Å². The Balaban J connectivity index is 2.31. The van der Waals surface area contributed by atoms with Crippen LogP contribution in [0.5, 0.6) is 0 Å². The summed E-state index contributed by atoms with van der Waals surface area (Å²) in [6.07, 6.45) is 1.72. The van der Waals surface area contributed by atoms with E-state index in [0.29, 0.717) is 16.7 Å². The smallest absolute Gasteiger partial charge is 0.338 e. The maximum Gasteiger partial charge on any atom is 0.338 e. The lowest BCUT2D eigenvalue weighted by Crippen LogP contribution is -2.20. The molecule has 0 aliphatic carbocycles. The standard InChI is InChI=1S/C14H13BrN2O2/c1-17(9-10-5-2-3-8-16-10)12-7-4-6-11(15)13(12)14(18)19/h2-8H,9H2,1H3,(H,18,19). The van der Waals surface area contributed by atoms with Gasteiger partial charge in [0.2, 0.25) is 0 Å². The van der Waals surface area contributed by atoms with E-state index in [4.69, 9.17) is 0 Å². The second-order valence-corrected chi connectivity index (χ2v) is 4.97. The van der Waals surface area contributed by atoms with Crippen molar-refractivity contribution in [1.29, 1.82) is 0 Å². The van der Waals surface area contributed by atoms with Crippen LogP contribution in [-0.2, 0) is 6.54 Å². The molecule has 1 aromatic carbocycles. The molecule has 0 spiro atoms. The predicted molar refractivity (Wildman–Crippen MR) is 77.4 cm³/mol. The fraction of sp³-hybridized carbons (Fsp3) is 0.143. The van der Waals surface area contributed by atoms with Crippen LogP contribution in [-0.4, -0.2) is 23.1 Å². The first-order chi connectivity index (χ1) is 9.09. The molecule has 0 aliphatic heterocycles. The SMILES string of the molecule is CN(Cc1ccccn1)c1cccc(Br)c1C(=O)O. The number of carboxylic acid groups (broad SMARTS) is 1. The number of rotatable bonds is 4.